The van der Waals surface area contributed by atoms with Crippen molar-refractivity contribution in [3.63, 3.8) is 0 Å². The molecule has 9 rings (SSSR count). The highest BCUT2D eigenvalue weighted by atomic mass is 16.5. The highest BCUT2D eigenvalue weighted by Gasteiger charge is 2.43. The lowest BCUT2D eigenvalue weighted by atomic mass is 9.78. The number of phenolic OH excluding ortho intramolecular Hbond substituents is 1. The average Bonchev–Trinajstić information content (AvgIpc) is 3.82. The third-order valence-electron chi connectivity index (χ3n) is 14.4. The number of para-hydroxylation sites is 1. The fraction of sp³-hybridized carbons (Fsp3) is 0.587. The number of carboxylic acids is 1. The number of aromatic nitrogens is 4. The van der Waals surface area contributed by atoms with Gasteiger partial charge in [0.15, 0.2) is 17.4 Å². The molecule has 0 amide bonds. The Kier molecular flexibility index (Phi) is 11.5. The topological polar surface area (TPSA) is 180 Å². The number of phenols is 1. The number of anilines is 4. The molecule has 4 N–H and O–H groups in total. The Labute approximate surface area is 358 Å². The van der Waals surface area contributed by atoms with Gasteiger partial charge < -0.3 is 44.6 Å². The lowest BCUT2D eigenvalue weighted by molar-refractivity contribution is -0.140. The fourth-order valence-electron chi connectivity index (χ4n) is 10.7. The van der Waals surface area contributed by atoms with Crippen LogP contribution in [0.25, 0.3) is 11.3 Å². The summed E-state index contributed by atoms with van der Waals surface area (Å²) in [6.07, 6.45) is 10.6. The van der Waals surface area contributed by atoms with Crippen molar-refractivity contribution in [1.82, 2.24) is 25.2 Å². The minimum absolute atomic E-state index is 0.0741. The summed E-state index contributed by atoms with van der Waals surface area (Å²) >= 11 is 0. The number of hydrogen-bond acceptors (Lipinski definition) is 14. The van der Waals surface area contributed by atoms with Crippen molar-refractivity contribution in [3.8, 4) is 22.9 Å². The van der Waals surface area contributed by atoms with Crippen LogP contribution in [0, 0.1) is 11.8 Å². The molecule has 61 heavy (non-hydrogen) atoms. The van der Waals surface area contributed by atoms with Gasteiger partial charge in [0.05, 0.1) is 23.6 Å². The van der Waals surface area contributed by atoms with Crippen molar-refractivity contribution in [2.45, 2.75) is 121 Å². The summed E-state index contributed by atoms with van der Waals surface area (Å²) < 4.78 is 18.6. The Morgan fingerprint density at radius 3 is 2.30 bits per heavy atom. The van der Waals surface area contributed by atoms with Crippen LogP contribution in [-0.2, 0) is 9.53 Å². The number of fused-ring (bicyclic) bond motifs is 2. The lowest BCUT2D eigenvalue weighted by Crippen LogP contribution is -2.56. The number of hydrogen-bond donors (Lipinski definition) is 3. The molecule has 5 aliphatic rings. The van der Waals surface area contributed by atoms with Crippen LogP contribution >= 0.6 is 0 Å². The first-order valence-electron chi connectivity index (χ1n) is 22.3. The number of nitrogens with zero attached hydrogens (tertiary/aromatic N) is 8. The van der Waals surface area contributed by atoms with Crippen LogP contribution in [0.5, 0.6) is 11.6 Å². The maximum absolute atomic E-state index is 11.8. The number of likely N-dealkylation sites (tertiary alicyclic amines) is 1. The summed E-state index contributed by atoms with van der Waals surface area (Å²) in [4.78, 5) is 26.2. The molecule has 4 saturated heterocycles. The molecular formula is C46H61N9O6. The van der Waals surface area contributed by atoms with Crippen molar-refractivity contribution < 1.29 is 29.0 Å². The molecule has 1 aromatic carbocycles. The van der Waals surface area contributed by atoms with Gasteiger partial charge in [-0.25, -0.2) is 4.98 Å². The fourth-order valence-corrected chi connectivity index (χ4v) is 10.7. The predicted molar refractivity (Wildman–Crippen MR) is 233 cm³/mol. The minimum Gasteiger partial charge on any atom is -0.507 e. The average molecular weight is 836 g/mol. The molecule has 1 saturated carbocycles. The summed E-state index contributed by atoms with van der Waals surface area (Å²) in [6, 6.07) is 15.8. The normalized spacial score (nSPS) is 24.6. The second kappa shape index (κ2) is 17.0. The molecule has 1 aliphatic carbocycles. The molecule has 2 bridgehead atoms. The van der Waals surface area contributed by atoms with Gasteiger partial charge in [-0.05, 0) is 88.5 Å². The summed E-state index contributed by atoms with van der Waals surface area (Å²) in [6.45, 7) is 14.0. The van der Waals surface area contributed by atoms with Crippen LogP contribution in [0.15, 0.2) is 59.3 Å². The van der Waals surface area contributed by atoms with Gasteiger partial charge >= 0.3 is 5.97 Å². The van der Waals surface area contributed by atoms with Gasteiger partial charge in [0.25, 0.3) is 0 Å². The number of rotatable bonds is 13. The standard InChI is InChI=1S/C46H61N9O6/c1-28(2)43(45(57)58)40-25-41(51-61-40)52-17-12-29(13-18-52)46(3,4)54-19-14-33(15-20-54)59-34-22-35(23-34)60-42-21-30(11-16-48-42)55-31-9-10-32(55)27-53(26-31)38-24-37(49-50-44(38)47)36-7-5-6-8-39(36)56/h5-8,11,16,21,24-25,28-29,31-35,43,56H,9-10,12-15,17-20,22-23,26-27H2,1-4H3,(H2,47,50)(H,57,58)/t31?,32?,34-,35-,43?. The van der Waals surface area contributed by atoms with E-state index in [0.717, 1.165) is 108 Å². The molecule has 4 aromatic rings. The van der Waals surface area contributed by atoms with E-state index >= 15 is 0 Å². The van der Waals surface area contributed by atoms with Crippen LogP contribution in [0.3, 0.4) is 0 Å². The molecule has 326 valence electrons. The number of benzene rings is 1. The molecule has 5 fully saturated rings. The monoisotopic (exact) mass is 835 g/mol. The maximum atomic E-state index is 11.8. The molecule has 3 aromatic heterocycles. The molecule has 15 heteroatoms. The largest absolute Gasteiger partial charge is 0.507 e. The number of nitrogens with two attached hydrogens (primary N) is 1. The Balaban J connectivity index is 0.720. The third-order valence-corrected chi connectivity index (χ3v) is 14.4. The number of aromatic hydroxyl groups is 1. The van der Waals surface area contributed by atoms with Crippen LogP contribution in [0.1, 0.15) is 90.7 Å². The van der Waals surface area contributed by atoms with Crippen molar-refractivity contribution in [1.29, 1.82) is 0 Å². The van der Waals surface area contributed by atoms with Gasteiger partial charge in [-0.1, -0.05) is 31.1 Å². The lowest BCUT2D eigenvalue weighted by Gasteiger charge is -2.50. The molecule has 3 unspecified atom stereocenters. The summed E-state index contributed by atoms with van der Waals surface area (Å²) in [5.41, 5.74) is 9.69. The summed E-state index contributed by atoms with van der Waals surface area (Å²) in [7, 11) is 0. The summed E-state index contributed by atoms with van der Waals surface area (Å²) in [5.74, 6) is 1.33. The zero-order valence-electron chi connectivity index (χ0n) is 35.9. The Hall–Kier alpha value is -5.15. The SMILES string of the molecule is CC(C)C(C(=O)O)c1cc(N2CCC(C(C)(C)N3CCC(O[C@H]4C[C@H](Oc5cc(N6C7CCC6CN(c6cc(-c8ccccc8O)nnc6N)C7)ccn5)C4)CC3)CC2)no1. The number of nitrogen functional groups attached to an aromatic ring is 1. The Bertz CT molecular complexity index is 2150. The van der Waals surface area contributed by atoms with Gasteiger partial charge in [-0.2, -0.15) is 0 Å². The molecular weight excluding hydrogens is 775 g/mol. The smallest absolute Gasteiger partial charge is 0.314 e. The molecule has 3 atom stereocenters. The number of carboxylic acid groups (broad SMARTS) is 1. The zero-order valence-corrected chi connectivity index (χ0v) is 35.9. The molecule has 15 nitrogen and oxygen atoms in total. The highest BCUT2D eigenvalue weighted by molar-refractivity contribution is 5.76. The van der Waals surface area contributed by atoms with Crippen LogP contribution in [0.2, 0.25) is 0 Å². The van der Waals surface area contributed by atoms with Gasteiger partial charge in [-0.15, -0.1) is 10.2 Å². The Morgan fingerprint density at radius 1 is 0.885 bits per heavy atom. The first-order valence-corrected chi connectivity index (χ1v) is 22.3. The van der Waals surface area contributed by atoms with E-state index in [1.54, 1.807) is 12.1 Å². The highest BCUT2D eigenvalue weighted by Crippen LogP contribution is 2.41. The van der Waals surface area contributed by atoms with Crippen molar-refractivity contribution >= 4 is 29.0 Å². The van der Waals surface area contributed by atoms with Crippen molar-refractivity contribution in [2.24, 2.45) is 11.8 Å². The van der Waals surface area contributed by atoms with Gasteiger partial charge in [0.2, 0.25) is 5.88 Å². The van der Waals surface area contributed by atoms with E-state index in [4.69, 9.17) is 19.7 Å². The van der Waals surface area contributed by atoms with E-state index in [9.17, 15) is 15.0 Å². The molecule has 4 aliphatic heterocycles. The van der Waals surface area contributed by atoms with Crippen LogP contribution < -0.4 is 25.2 Å². The van der Waals surface area contributed by atoms with Gasteiger partial charge in [0, 0.05) is 99.3 Å². The van der Waals surface area contributed by atoms with Crippen molar-refractivity contribution in [3.05, 3.63) is 60.5 Å². The number of ether oxygens (including phenoxy) is 2. The van der Waals surface area contributed by atoms with Crippen molar-refractivity contribution in [2.75, 3.05) is 59.7 Å². The van der Waals surface area contributed by atoms with E-state index in [2.05, 4.69) is 65.9 Å². The van der Waals surface area contributed by atoms with E-state index in [1.807, 2.05) is 44.3 Å². The van der Waals surface area contributed by atoms with E-state index in [1.165, 1.54) is 0 Å². The molecule has 0 radical (unpaired) electrons. The first kappa shape index (κ1) is 41.2. The van der Waals surface area contributed by atoms with E-state index in [0.29, 0.717) is 46.7 Å². The zero-order chi connectivity index (χ0) is 42.4. The number of pyridine rings is 1. The maximum Gasteiger partial charge on any atom is 0.314 e. The molecule has 0 spiro atoms. The van der Waals surface area contributed by atoms with Gasteiger partial charge in [-0.3, -0.25) is 9.69 Å². The van der Waals surface area contributed by atoms with Crippen LogP contribution in [0.4, 0.5) is 23.0 Å². The molecule has 7 heterocycles. The number of aliphatic carboxylic acids is 1. The van der Waals surface area contributed by atoms with Gasteiger partial charge in [0.1, 0.15) is 17.8 Å². The Morgan fingerprint density at radius 2 is 1.61 bits per heavy atom. The first-order chi connectivity index (χ1) is 29.4. The second-order valence-corrected chi connectivity index (χ2v) is 18.8. The quantitative estimate of drug-likeness (QED) is 0.131. The number of piperidine rings is 2. The summed E-state index contributed by atoms with van der Waals surface area (Å²) in [5, 5.41) is 32.9. The number of carbonyl (C=O) groups is 1. The van der Waals surface area contributed by atoms with Crippen LogP contribution in [-0.4, -0.2) is 117 Å². The predicted octanol–water partition coefficient (Wildman–Crippen LogP) is 6.58. The number of piperazine rings is 1. The second-order valence-electron chi connectivity index (χ2n) is 18.8. The van der Waals surface area contributed by atoms with E-state index in [-0.39, 0.29) is 35.5 Å². The minimum atomic E-state index is -0.877. The van der Waals surface area contributed by atoms with E-state index < -0.39 is 11.9 Å². The third kappa shape index (κ3) is 8.42.